The first-order valence-corrected chi connectivity index (χ1v) is 5.77. The standard InChI is InChI=1S/C13H27NO/c1-10(15)14-9-11(13(5,6)7)8-12(2,3)4/h11H,8-9H2,1-7H3,(H,14,15). The van der Waals surface area contributed by atoms with Gasteiger partial charge in [-0.15, -0.1) is 0 Å². The van der Waals surface area contributed by atoms with Crippen molar-refractivity contribution in [3.8, 4) is 0 Å². The van der Waals surface area contributed by atoms with Gasteiger partial charge in [0.25, 0.3) is 0 Å². The number of hydrogen-bond donors (Lipinski definition) is 1. The molecule has 0 aliphatic carbocycles. The summed E-state index contributed by atoms with van der Waals surface area (Å²) >= 11 is 0. The van der Waals surface area contributed by atoms with Gasteiger partial charge >= 0.3 is 0 Å². The van der Waals surface area contributed by atoms with Crippen LogP contribution in [-0.4, -0.2) is 12.5 Å². The quantitative estimate of drug-likeness (QED) is 0.766. The number of carbonyl (C=O) groups is 1. The predicted molar refractivity (Wildman–Crippen MR) is 65.7 cm³/mol. The van der Waals surface area contributed by atoms with Crippen molar-refractivity contribution in [1.82, 2.24) is 5.32 Å². The number of amides is 1. The maximum absolute atomic E-state index is 10.9. The highest BCUT2D eigenvalue weighted by molar-refractivity contribution is 5.72. The van der Waals surface area contributed by atoms with Crippen LogP contribution in [0.15, 0.2) is 0 Å². The van der Waals surface area contributed by atoms with Crippen molar-refractivity contribution in [2.75, 3.05) is 6.54 Å². The molecule has 0 aromatic rings. The van der Waals surface area contributed by atoms with Crippen LogP contribution in [0.4, 0.5) is 0 Å². The smallest absolute Gasteiger partial charge is 0.216 e. The summed E-state index contributed by atoms with van der Waals surface area (Å²) in [6.07, 6.45) is 1.14. The molecular formula is C13H27NO. The summed E-state index contributed by atoms with van der Waals surface area (Å²) < 4.78 is 0. The van der Waals surface area contributed by atoms with Crippen LogP contribution >= 0.6 is 0 Å². The highest BCUT2D eigenvalue weighted by Crippen LogP contribution is 2.35. The molecule has 1 N–H and O–H groups in total. The molecule has 1 amide bonds. The van der Waals surface area contributed by atoms with E-state index in [1.54, 1.807) is 6.92 Å². The molecule has 0 radical (unpaired) electrons. The van der Waals surface area contributed by atoms with E-state index in [-0.39, 0.29) is 11.3 Å². The number of carbonyl (C=O) groups excluding carboxylic acids is 1. The topological polar surface area (TPSA) is 29.1 Å². The van der Waals surface area contributed by atoms with Crippen molar-refractivity contribution in [3.63, 3.8) is 0 Å². The fraction of sp³-hybridized carbons (Fsp3) is 0.923. The third-order valence-electron chi connectivity index (χ3n) is 2.68. The molecule has 0 spiro atoms. The summed E-state index contributed by atoms with van der Waals surface area (Å²) in [5.41, 5.74) is 0.562. The number of hydrogen-bond acceptors (Lipinski definition) is 1. The maximum Gasteiger partial charge on any atom is 0.216 e. The molecular weight excluding hydrogens is 186 g/mol. The third kappa shape index (κ3) is 7.40. The normalized spacial score (nSPS) is 14.9. The molecule has 0 aromatic carbocycles. The van der Waals surface area contributed by atoms with E-state index in [2.05, 4.69) is 46.9 Å². The van der Waals surface area contributed by atoms with Crippen LogP contribution in [0, 0.1) is 16.7 Å². The van der Waals surface area contributed by atoms with Crippen molar-refractivity contribution < 1.29 is 4.79 Å². The van der Waals surface area contributed by atoms with Crippen LogP contribution in [-0.2, 0) is 4.79 Å². The molecule has 0 saturated heterocycles. The second kappa shape index (κ2) is 5.00. The molecule has 1 atom stereocenters. The average Bonchev–Trinajstić information content (AvgIpc) is 1.93. The van der Waals surface area contributed by atoms with Crippen LogP contribution in [0.2, 0.25) is 0 Å². The summed E-state index contributed by atoms with van der Waals surface area (Å²) in [5, 5.41) is 2.94. The van der Waals surface area contributed by atoms with Crippen molar-refractivity contribution >= 4 is 5.91 Å². The molecule has 0 aliphatic heterocycles. The van der Waals surface area contributed by atoms with Gasteiger partial charge in [-0.2, -0.15) is 0 Å². The summed E-state index contributed by atoms with van der Waals surface area (Å²) in [6.45, 7) is 15.8. The fourth-order valence-corrected chi connectivity index (χ4v) is 1.69. The van der Waals surface area contributed by atoms with Gasteiger partial charge in [-0.1, -0.05) is 41.5 Å². The van der Waals surface area contributed by atoms with E-state index in [9.17, 15) is 4.79 Å². The zero-order chi connectivity index (χ0) is 12.3. The highest BCUT2D eigenvalue weighted by atomic mass is 16.1. The fourth-order valence-electron chi connectivity index (χ4n) is 1.69. The monoisotopic (exact) mass is 213 g/mol. The van der Waals surface area contributed by atoms with Gasteiger partial charge in [-0.3, -0.25) is 4.79 Å². The molecule has 0 aliphatic rings. The van der Waals surface area contributed by atoms with Crippen LogP contribution in [0.3, 0.4) is 0 Å². The van der Waals surface area contributed by atoms with Crippen molar-refractivity contribution in [1.29, 1.82) is 0 Å². The number of nitrogens with one attached hydrogen (secondary N) is 1. The Kier molecular flexibility index (Phi) is 4.82. The molecule has 0 fully saturated rings. The lowest BCUT2D eigenvalue weighted by molar-refractivity contribution is -0.119. The van der Waals surface area contributed by atoms with Gasteiger partial charge < -0.3 is 5.32 Å². The summed E-state index contributed by atoms with van der Waals surface area (Å²) in [5.74, 6) is 0.597. The van der Waals surface area contributed by atoms with Crippen LogP contribution in [0.5, 0.6) is 0 Å². The lowest BCUT2D eigenvalue weighted by Gasteiger charge is -2.35. The molecule has 90 valence electrons. The minimum atomic E-state index is 0.0677. The van der Waals surface area contributed by atoms with Gasteiger partial charge in [0.2, 0.25) is 5.91 Å². The Labute approximate surface area is 94.8 Å². The van der Waals surface area contributed by atoms with Gasteiger partial charge in [0.15, 0.2) is 0 Å². The second-order valence-electron chi connectivity index (χ2n) is 6.76. The summed E-state index contributed by atoms with van der Waals surface area (Å²) in [4.78, 5) is 10.9. The van der Waals surface area contributed by atoms with Gasteiger partial charge in [-0.05, 0) is 23.2 Å². The summed E-state index contributed by atoms with van der Waals surface area (Å²) in [7, 11) is 0. The molecule has 0 aromatic heterocycles. The van der Waals surface area contributed by atoms with Crippen molar-refractivity contribution in [2.45, 2.75) is 54.9 Å². The van der Waals surface area contributed by atoms with Gasteiger partial charge in [0, 0.05) is 13.5 Å². The van der Waals surface area contributed by atoms with E-state index >= 15 is 0 Å². The first-order chi connectivity index (χ1) is 6.52. The molecule has 0 heterocycles. The zero-order valence-corrected chi connectivity index (χ0v) is 11.4. The SMILES string of the molecule is CC(=O)NCC(CC(C)(C)C)C(C)(C)C. The molecule has 0 saturated carbocycles. The van der Waals surface area contributed by atoms with E-state index in [0.29, 0.717) is 11.3 Å². The van der Waals surface area contributed by atoms with E-state index in [1.165, 1.54) is 0 Å². The Morgan fingerprint density at radius 1 is 1.13 bits per heavy atom. The van der Waals surface area contributed by atoms with Gasteiger partial charge in [-0.25, -0.2) is 0 Å². The Morgan fingerprint density at radius 3 is 1.87 bits per heavy atom. The number of rotatable bonds is 3. The Morgan fingerprint density at radius 2 is 1.60 bits per heavy atom. The molecule has 2 heteroatoms. The highest BCUT2D eigenvalue weighted by Gasteiger charge is 2.28. The lowest BCUT2D eigenvalue weighted by Crippen LogP contribution is -2.36. The third-order valence-corrected chi connectivity index (χ3v) is 2.68. The van der Waals surface area contributed by atoms with Crippen LogP contribution in [0.1, 0.15) is 54.9 Å². The minimum absolute atomic E-state index is 0.0677. The molecule has 15 heavy (non-hydrogen) atoms. The first kappa shape index (κ1) is 14.5. The van der Waals surface area contributed by atoms with Gasteiger partial charge in [0.1, 0.15) is 0 Å². The Hall–Kier alpha value is -0.530. The Bertz CT molecular complexity index is 208. The molecule has 0 rings (SSSR count). The maximum atomic E-state index is 10.9. The largest absolute Gasteiger partial charge is 0.356 e. The van der Waals surface area contributed by atoms with Crippen molar-refractivity contribution in [2.24, 2.45) is 16.7 Å². The van der Waals surface area contributed by atoms with E-state index in [1.807, 2.05) is 0 Å². The second-order valence-corrected chi connectivity index (χ2v) is 6.76. The molecule has 1 unspecified atom stereocenters. The minimum Gasteiger partial charge on any atom is -0.356 e. The molecule has 2 nitrogen and oxygen atoms in total. The van der Waals surface area contributed by atoms with Gasteiger partial charge in [0.05, 0.1) is 0 Å². The average molecular weight is 213 g/mol. The van der Waals surface area contributed by atoms with Crippen molar-refractivity contribution in [3.05, 3.63) is 0 Å². The Balaban J connectivity index is 4.40. The summed E-state index contributed by atoms with van der Waals surface area (Å²) in [6, 6.07) is 0. The van der Waals surface area contributed by atoms with Crippen LogP contribution < -0.4 is 5.32 Å². The van der Waals surface area contributed by atoms with E-state index in [4.69, 9.17) is 0 Å². The van der Waals surface area contributed by atoms with E-state index < -0.39 is 0 Å². The predicted octanol–water partition coefficient (Wildman–Crippen LogP) is 3.22. The zero-order valence-electron chi connectivity index (χ0n) is 11.4. The lowest BCUT2D eigenvalue weighted by atomic mass is 9.72. The molecule has 0 bridgehead atoms. The van der Waals surface area contributed by atoms with Crippen LogP contribution in [0.25, 0.3) is 0 Å². The van der Waals surface area contributed by atoms with E-state index in [0.717, 1.165) is 13.0 Å². The first-order valence-electron chi connectivity index (χ1n) is 5.77.